The molecule has 30 heavy (non-hydrogen) atoms. The fourth-order valence-electron chi connectivity index (χ4n) is 2.65. The lowest BCUT2D eigenvalue weighted by Crippen LogP contribution is -2.23. The van der Waals surface area contributed by atoms with E-state index in [4.69, 9.17) is 9.47 Å². The lowest BCUT2D eigenvalue weighted by molar-refractivity contribution is -0.128. The van der Waals surface area contributed by atoms with Crippen LogP contribution in [0.25, 0.3) is 6.08 Å². The second-order valence-corrected chi connectivity index (χ2v) is 7.51. The van der Waals surface area contributed by atoms with Crippen LogP contribution in [-0.4, -0.2) is 37.5 Å². The lowest BCUT2D eigenvalue weighted by atomic mass is 10.1. The highest BCUT2D eigenvalue weighted by atomic mass is 16.5. The average molecular weight is 411 g/mol. The molecule has 0 saturated heterocycles. The second kappa shape index (κ2) is 11.0. The maximum atomic E-state index is 12.3. The Morgan fingerprint density at radius 3 is 2.57 bits per heavy atom. The summed E-state index contributed by atoms with van der Waals surface area (Å²) in [5.41, 5.74) is 2.45. The van der Waals surface area contributed by atoms with Crippen LogP contribution in [-0.2, 0) is 16.1 Å². The molecule has 0 aliphatic carbocycles. The Morgan fingerprint density at radius 2 is 1.90 bits per heavy atom. The molecule has 0 unspecified atom stereocenters. The number of nitrogens with one attached hydrogen (secondary N) is 1. The molecule has 0 atom stereocenters. The van der Waals surface area contributed by atoms with Crippen LogP contribution in [0.15, 0.2) is 48.5 Å². The SMILES string of the molecule is COc1cc(/C=C/C(=O)Nc2cccc(CN(C)C(C)=O)c2)ccc1OCC(C)C. The largest absolute Gasteiger partial charge is 0.493 e. The van der Waals surface area contributed by atoms with Gasteiger partial charge < -0.3 is 19.7 Å². The number of nitrogens with zero attached hydrogens (tertiary/aromatic N) is 1. The summed E-state index contributed by atoms with van der Waals surface area (Å²) in [7, 11) is 3.33. The van der Waals surface area contributed by atoms with Crippen molar-refractivity contribution in [2.45, 2.75) is 27.3 Å². The standard InChI is InChI=1S/C24H30N2O4/c1-17(2)16-30-22-11-9-19(14-23(22)29-5)10-12-24(28)25-21-8-6-7-20(13-21)15-26(4)18(3)27/h6-14,17H,15-16H2,1-5H3,(H,25,28)/b12-10+. The Labute approximate surface area is 178 Å². The van der Waals surface area contributed by atoms with Crippen LogP contribution in [0.4, 0.5) is 5.69 Å². The summed E-state index contributed by atoms with van der Waals surface area (Å²) in [6, 6.07) is 13.0. The minimum Gasteiger partial charge on any atom is -0.493 e. The molecule has 1 N–H and O–H groups in total. The van der Waals surface area contributed by atoms with Gasteiger partial charge in [-0.3, -0.25) is 9.59 Å². The second-order valence-electron chi connectivity index (χ2n) is 7.51. The van der Waals surface area contributed by atoms with Gasteiger partial charge in [-0.25, -0.2) is 0 Å². The van der Waals surface area contributed by atoms with Gasteiger partial charge in [-0.2, -0.15) is 0 Å². The third-order valence-electron chi connectivity index (χ3n) is 4.34. The highest BCUT2D eigenvalue weighted by Gasteiger charge is 2.07. The molecule has 6 heteroatoms. The molecule has 2 rings (SSSR count). The number of carbonyl (C=O) groups excluding carboxylic acids is 2. The third-order valence-corrected chi connectivity index (χ3v) is 4.34. The molecule has 2 aromatic carbocycles. The summed E-state index contributed by atoms with van der Waals surface area (Å²) in [6.45, 7) is 6.78. The van der Waals surface area contributed by atoms with Gasteiger partial charge in [0.15, 0.2) is 11.5 Å². The summed E-state index contributed by atoms with van der Waals surface area (Å²) in [6.07, 6.45) is 3.19. The normalized spacial score (nSPS) is 10.9. The van der Waals surface area contributed by atoms with E-state index in [1.54, 1.807) is 25.1 Å². The summed E-state index contributed by atoms with van der Waals surface area (Å²) < 4.78 is 11.1. The predicted octanol–water partition coefficient (Wildman–Crippen LogP) is 4.36. The molecule has 0 aliphatic heterocycles. The molecule has 0 aliphatic rings. The van der Waals surface area contributed by atoms with Crippen molar-refractivity contribution in [3.8, 4) is 11.5 Å². The lowest BCUT2D eigenvalue weighted by Gasteiger charge is -2.15. The number of ether oxygens (including phenoxy) is 2. The number of methoxy groups -OCH3 is 1. The van der Waals surface area contributed by atoms with Gasteiger partial charge in [0.1, 0.15) is 0 Å². The summed E-state index contributed by atoms with van der Waals surface area (Å²) in [5, 5.41) is 2.84. The molecule has 0 bridgehead atoms. The first kappa shape index (κ1) is 23.0. The van der Waals surface area contributed by atoms with Crippen LogP contribution in [0.2, 0.25) is 0 Å². The molecule has 6 nitrogen and oxygen atoms in total. The zero-order valence-electron chi connectivity index (χ0n) is 18.3. The van der Waals surface area contributed by atoms with Crippen molar-refractivity contribution in [2.75, 3.05) is 26.1 Å². The van der Waals surface area contributed by atoms with Crippen molar-refractivity contribution >= 4 is 23.6 Å². The highest BCUT2D eigenvalue weighted by Crippen LogP contribution is 2.29. The zero-order valence-corrected chi connectivity index (χ0v) is 18.3. The molecular formula is C24H30N2O4. The van der Waals surface area contributed by atoms with E-state index < -0.39 is 0 Å². The van der Waals surface area contributed by atoms with Crippen molar-refractivity contribution in [3.63, 3.8) is 0 Å². The Balaban J connectivity index is 2.01. The molecule has 0 fully saturated rings. The number of rotatable bonds is 9. The Hall–Kier alpha value is -3.28. The molecule has 0 radical (unpaired) electrons. The summed E-state index contributed by atoms with van der Waals surface area (Å²) in [5.74, 6) is 1.47. The van der Waals surface area contributed by atoms with E-state index >= 15 is 0 Å². The number of amides is 2. The first-order valence-electron chi connectivity index (χ1n) is 9.89. The van der Waals surface area contributed by atoms with Gasteiger partial charge in [-0.15, -0.1) is 0 Å². The van der Waals surface area contributed by atoms with E-state index in [-0.39, 0.29) is 11.8 Å². The predicted molar refractivity (Wildman–Crippen MR) is 120 cm³/mol. The number of carbonyl (C=O) groups is 2. The van der Waals surface area contributed by atoms with Crippen LogP contribution >= 0.6 is 0 Å². The molecule has 160 valence electrons. The van der Waals surface area contributed by atoms with E-state index in [1.165, 1.54) is 13.0 Å². The molecule has 0 aromatic heterocycles. The highest BCUT2D eigenvalue weighted by molar-refractivity contribution is 6.02. The van der Waals surface area contributed by atoms with Crippen molar-refractivity contribution in [1.82, 2.24) is 4.90 Å². The van der Waals surface area contributed by atoms with Gasteiger partial charge in [0.25, 0.3) is 0 Å². The van der Waals surface area contributed by atoms with Crippen LogP contribution in [0.5, 0.6) is 11.5 Å². The maximum Gasteiger partial charge on any atom is 0.248 e. The Bertz CT molecular complexity index is 906. The topological polar surface area (TPSA) is 67.9 Å². The maximum absolute atomic E-state index is 12.3. The quantitative estimate of drug-likeness (QED) is 0.624. The van der Waals surface area contributed by atoms with Crippen molar-refractivity contribution < 1.29 is 19.1 Å². The third kappa shape index (κ3) is 7.28. The number of hydrogen-bond acceptors (Lipinski definition) is 4. The first-order valence-corrected chi connectivity index (χ1v) is 9.89. The minimum atomic E-state index is -0.244. The molecule has 0 heterocycles. The smallest absolute Gasteiger partial charge is 0.248 e. The molecule has 2 aromatic rings. The van der Waals surface area contributed by atoms with Gasteiger partial charge in [-0.1, -0.05) is 32.0 Å². The monoisotopic (exact) mass is 410 g/mol. The van der Waals surface area contributed by atoms with Gasteiger partial charge in [-0.05, 0) is 47.4 Å². The molecule has 0 spiro atoms. The van der Waals surface area contributed by atoms with Gasteiger partial charge >= 0.3 is 0 Å². The van der Waals surface area contributed by atoms with Crippen molar-refractivity contribution in [2.24, 2.45) is 5.92 Å². The number of benzene rings is 2. The van der Waals surface area contributed by atoms with E-state index in [2.05, 4.69) is 19.2 Å². The van der Waals surface area contributed by atoms with Gasteiger partial charge in [0.05, 0.1) is 13.7 Å². The van der Waals surface area contributed by atoms with Crippen LogP contribution < -0.4 is 14.8 Å². The van der Waals surface area contributed by atoms with Gasteiger partial charge in [0.2, 0.25) is 11.8 Å². The molecule has 2 amide bonds. The Morgan fingerprint density at radius 1 is 1.13 bits per heavy atom. The molecule has 0 saturated carbocycles. The fourth-order valence-corrected chi connectivity index (χ4v) is 2.65. The van der Waals surface area contributed by atoms with Crippen LogP contribution in [0.1, 0.15) is 31.9 Å². The van der Waals surface area contributed by atoms with Crippen molar-refractivity contribution in [1.29, 1.82) is 0 Å². The van der Waals surface area contributed by atoms with E-state index in [1.807, 2.05) is 42.5 Å². The van der Waals surface area contributed by atoms with E-state index in [0.717, 1.165) is 11.1 Å². The van der Waals surface area contributed by atoms with E-state index in [0.29, 0.717) is 36.3 Å². The fraction of sp³-hybridized carbons (Fsp3) is 0.333. The summed E-state index contributed by atoms with van der Waals surface area (Å²) >= 11 is 0. The van der Waals surface area contributed by atoms with Gasteiger partial charge in [0, 0.05) is 32.3 Å². The van der Waals surface area contributed by atoms with Crippen LogP contribution in [0.3, 0.4) is 0 Å². The van der Waals surface area contributed by atoms with Crippen molar-refractivity contribution in [3.05, 3.63) is 59.7 Å². The average Bonchev–Trinajstić information content (AvgIpc) is 2.71. The minimum absolute atomic E-state index is 0.0107. The number of anilines is 1. The Kier molecular flexibility index (Phi) is 8.47. The number of hydrogen-bond donors (Lipinski definition) is 1. The first-order chi connectivity index (χ1) is 14.3. The summed E-state index contributed by atoms with van der Waals surface area (Å²) in [4.78, 5) is 25.3. The zero-order chi connectivity index (χ0) is 22.1. The molecular weight excluding hydrogens is 380 g/mol. The van der Waals surface area contributed by atoms with Crippen LogP contribution in [0, 0.1) is 5.92 Å². The van der Waals surface area contributed by atoms with E-state index in [9.17, 15) is 9.59 Å².